The average molecular weight is 514 g/mol. The molecule has 5 rings (SSSR count). The number of hydrogen-bond donors (Lipinski definition) is 1. The van der Waals surface area contributed by atoms with Crippen LogP contribution in [0.2, 0.25) is 0 Å². The zero-order valence-electron chi connectivity index (χ0n) is 19.7. The van der Waals surface area contributed by atoms with Crippen molar-refractivity contribution in [1.29, 1.82) is 0 Å². The molecule has 1 aromatic heterocycles. The van der Waals surface area contributed by atoms with Gasteiger partial charge in [-0.25, -0.2) is 27.3 Å². The monoisotopic (exact) mass is 514 g/mol. The molecule has 192 valence electrons. The van der Waals surface area contributed by atoms with Gasteiger partial charge in [0.05, 0.1) is 30.3 Å². The summed E-state index contributed by atoms with van der Waals surface area (Å²) in [5.41, 5.74) is 0.222. The molecule has 0 bridgehead atoms. The van der Waals surface area contributed by atoms with Crippen LogP contribution in [0.1, 0.15) is 35.1 Å². The van der Waals surface area contributed by atoms with Gasteiger partial charge in [-0.3, -0.25) is 0 Å². The van der Waals surface area contributed by atoms with Crippen molar-refractivity contribution in [2.75, 3.05) is 13.2 Å². The number of phenolic OH excluding ortho intramolecular Hbond substituents is 1. The minimum absolute atomic E-state index is 0.0122. The lowest BCUT2D eigenvalue weighted by atomic mass is 10.0. The summed E-state index contributed by atoms with van der Waals surface area (Å²) in [5.74, 6) is -4.28. The van der Waals surface area contributed by atoms with Crippen molar-refractivity contribution in [1.82, 2.24) is 9.55 Å². The lowest BCUT2D eigenvalue weighted by molar-refractivity contribution is -0.0589. The van der Waals surface area contributed by atoms with Crippen LogP contribution in [0.3, 0.4) is 0 Å². The van der Waals surface area contributed by atoms with Gasteiger partial charge < -0.3 is 19.1 Å². The fourth-order valence-electron chi connectivity index (χ4n) is 4.33. The first-order valence-electron chi connectivity index (χ1n) is 11.7. The molecule has 4 aromatic rings. The second-order valence-corrected chi connectivity index (χ2v) is 8.73. The zero-order chi connectivity index (χ0) is 26.3. The Labute approximate surface area is 209 Å². The largest absolute Gasteiger partial charge is 0.505 e. The number of halogens is 4. The molecule has 0 radical (unpaired) electrons. The number of hydrogen-bond acceptors (Lipinski definition) is 5. The molecule has 6 nitrogen and oxygen atoms in total. The number of nitrogens with zero attached hydrogens (tertiary/aromatic N) is 2. The minimum Gasteiger partial charge on any atom is -0.505 e. The lowest BCUT2D eigenvalue weighted by Gasteiger charge is -2.27. The van der Waals surface area contributed by atoms with Gasteiger partial charge in [0.2, 0.25) is 0 Å². The Morgan fingerprint density at radius 1 is 1.08 bits per heavy atom. The molecular formula is C27H22F4N2O4. The van der Waals surface area contributed by atoms with Crippen LogP contribution in [-0.2, 0) is 22.4 Å². The van der Waals surface area contributed by atoms with Gasteiger partial charge in [0.25, 0.3) is 0 Å². The van der Waals surface area contributed by atoms with E-state index in [0.29, 0.717) is 12.1 Å². The van der Waals surface area contributed by atoms with Gasteiger partial charge in [-0.15, -0.1) is 0 Å². The highest BCUT2D eigenvalue weighted by Gasteiger charge is 2.25. The summed E-state index contributed by atoms with van der Waals surface area (Å²) in [5, 5.41) is 9.60. The summed E-state index contributed by atoms with van der Waals surface area (Å²) < 4.78 is 70.7. The van der Waals surface area contributed by atoms with E-state index in [2.05, 4.69) is 4.98 Å². The third-order valence-electron chi connectivity index (χ3n) is 6.32. The van der Waals surface area contributed by atoms with Crippen molar-refractivity contribution in [2.24, 2.45) is 0 Å². The van der Waals surface area contributed by atoms with Gasteiger partial charge in [-0.05, 0) is 60.9 Å². The predicted octanol–water partition coefficient (Wildman–Crippen LogP) is 5.52. The molecule has 0 spiro atoms. The molecule has 1 saturated heterocycles. The quantitative estimate of drug-likeness (QED) is 0.260. The fraction of sp³-hybridized carbons (Fsp3) is 0.259. The molecule has 1 N–H and O–H groups in total. The Kier molecular flexibility index (Phi) is 6.59. The van der Waals surface area contributed by atoms with E-state index in [4.69, 9.17) is 9.47 Å². The molecule has 1 aliphatic heterocycles. The Bertz CT molecular complexity index is 1510. The van der Waals surface area contributed by atoms with Crippen LogP contribution in [0.15, 0.2) is 42.5 Å². The topological polar surface area (TPSA) is 73.6 Å². The van der Waals surface area contributed by atoms with Crippen LogP contribution in [0.5, 0.6) is 5.75 Å². The number of benzene rings is 3. The van der Waals surface area contributed by atoms with E-state index >= 15 is 8.78 Å². The Hall–Kier alpha value is -3.92. The van der Waals surface area contributed by atoms with Gasteiger partial charge in [0.15, 0.2) is 17.4 Å². The van der Waals surface area contributed by atoms with Crippen molar-refractivity contribution in [3.05, 3.63) is 82.7 Å². The SMILES string of the molecule is CCOC(=O)c1cc(F)c2nc(Cc3cc(F)c(-c4ccc(F)c(O)c4)cc3F)n(C[C@@H]3CCO3)c2c1. The highest BCUT2D eigenvalue weighted by molar-refractivity contribution is 5.94. The maximum Gasteiger partial charge on any atom is 0.338 e. The van der Waals surface area contributed by atoms with Crippen molar-refractivity contribution in [2.45, 2.75) is 32.4 Å². The highest BCUT2D eigenvalue weighted by Crippen LogP contribution is 2.31. The third kappa shape index (κ3) is 4.76. The molecule has 1 fully saturated rings. The Morgan fingerprint density at radius 2 is 1.86 bits per heavy atom. The van der Waals surface area contributed by atoms with Gasteiger partial charge in [0, 0.05) is 18.6 Å². The molecular weight excluding hydrogens is 492 g/mol. The zero-order valence-corrected chi connectivity index (χ0v) is 19.7. The third-order valence-corrected chi connectivity index (χ3v) is 6.32. The van der Waals surface area contributed by atoms with Gasteiger partial charge in [-0.2, -0.15) is 0 Å². The summed E-state index contributed by atoms with van der Waals surface area (Å²) in [7, 11) is 0. The van der Waals surface area contributed by atoms with Crippen LogP contribution in [-0.4, -0.2) is 39.9 Å². The van der Waals surface area contributed by atoms with Gasteiger partial charge in [-0.1, -0.05) is 6.07 Å². The van der Waals surface area contributed by atoms with Crippen LogP contribution >= 0.6 is 0 Å². The first kappa shape index (κ1) is 24.8. The van der Waals surface area contributed by atoms with Crippen LogP contribution < -0.4 is 0 Å². The summed E-state index contributed by atoms with van der Waals surface area (Å²) in [6, 6.07) is 7.65. The number of imidazole rings is 1. The van der Waals surface area contributed by atoms with E-state index in [0.717, 1.165) is 36.8 Å². The second kappa shape index (κ2) is 9.85. The molecule has 1 aliphatic rings. The fourth-order valence-corrected chi connectivity index (χ4v) is 4.33. The minimum atomic E-state index is -0.881. The van der Waals surface area contributed by atoms with E-state index in [1.165, 1.54) is 12.1 Å². The number of carbonyl (C=O) groups excluding carboxylic acids is 1. The Morgan fingerprint density at radius 3 is 2.54 bits per heavy atom. The normalized spacial score (nSPS) is 15.1. The maximum absolute atomic E-state index is 15.1. The molecule has 2 heterocycles. The summed E-state index contributed by atoms with van der Waals surface area (Å²) in [6.45, 7) is 2.63. The molecule has 0 aliphatic carbocycles. The standard InChI is InChI=1S/C27H22F4N2O4/c1-2-36-27(35)16-8-22(31)26-23(9-16)33(13-17-5-6-37-17)25(32-26)11-15-7-21(30)18(12-20(15)29)14-3-4-19(28)24(34)10-14/h3-4,7-10,12,17,34H,2,5-6,11,13H2,1H3/t17-/m0/s1. The number of ether oxygens (including phenoxy) is 2. The number of fused-ring (bicyclic) bond motifs is 1. The average Bonchev–Trinajstić information content (AvgIpc) is 3.18. The van der Waals surface area contributed by atoms with E-state index in [-0.39, 0.29) is 59.3 Å². The molecule has 37 heavy (non-hydrogen) atoms. The van der Waals surface area contributed by atoms with Crippen LogP contribution in [0.4, 0.5) is 17.6 Å². The highest BCUT2D eigenvalue weighted by atomic mass is 19.1. The smallest absolute Gasteiger partial charge is 0.338 e. The maximum atomic E-state index is 15.1. The van der Waals surface area contributed by atoms with E-state index in [1.54, 1.807) is 11.5 Å². The summed E-state index contributed by atoms with van der Waals surface area (Å²) >= 11 is 0. The number of rotatable bonds is 7. The summed E-state index contributed by atoms with van der Waals surface area (Å²) in [6.07, 6.45) is 0.426. The number of aromatic nitrogens is 2. The first-order chi connectivity index (χ1) is 17.7. The number of phenols is 1. The van der Waals surface area contributed by atoms with Crippen LogP contribution in [0, 0.1) is 23.3 Å². The molecule has 0 amide bonds. The van der Waals surface area contributed by atoms with E-state index < -0.39 is 35.0 Å². The number of aromatic hydroxyl groups is 1. The molecule has 0 saturated carbocycles. The van der Waals surface area contributed by atoms with E-state index in [1.807, 2.05) is 0 Å². The molecule has 10 heteroatoms. The van der Waals surface area contributed by atoms with Crippen molar-refractivity contribution >= 4 is 17.0 Å². The Balaban J connectivity index is 1.56. The van der Waals surface area contributed by atoms with Crippen molar-refractivity contribution in [3.8, 4) is 16.9 Å². The predicted molar refractivity (Wildman–Crippen MR) is 126 cm³/mol. The number of carbonyl (C=O) groups is 1. The van der Waals surface area contributed by atoms with E-state index in [9.17, 15) is 18.7 Å². The second-order valence-electron chi connectivity index (χ2n) is 8.73. The first-order valence-corrected chi connectivity index (χ1v) is 11.7. The summed E-state index contributed by atoms with van der Waals surface area (Å²) in [4.78, 5) is 16.6. The lowest BCUT2D eigenvalue weighted by Crippen LogP contribution is -2.31. The van der Waals surface area contributed by atoms with Crippen molar-refractivity contribution < 1.29 is 36.9 Å². The molecule has 1 atom stereocenters. The van der Waals surface area contributed by atoms with Gasteiger partial charge in [0.1, 0.15) is 23.0 Å². The van der Waals surface area contributed by atoms with Gasteiger partial charge >= 0.3 is 5.97 Å². The number of esters is 1. The van der Waals surface area contributed by atoms with Crippen molar-refractivity contribution in [3.63, 3.8) is 0 Å². The molecule has 3 aromatic carbocycles. The van der Waals surface area contributed by atoms with Crippen LogP contribution in [0.25, 0.3) is 22.2 Å². The molecule has 0 unspecified atom stereocenters.